The predicted octanol–water partition coefficient (Wildman–Crippen LogP) is 2.93. The molecule has 0 amide bonds. The lowest BCUT2D eigenvalue weighted by Crippen LogP contribution is -1.93. The maximum atomic E-state index is 6.24. The van der Waals surface area contributed by atoms with Gasteiger partial charge in [0.25, 0.3) is 0 Å². The highest BCUT2D eigenvalue weighted by molar-refractivity contribution is 6.35. The summed E-state index contributed by atoms with van der Waals surface area (Å²) in [6, 6.07) is 9.29. The molecule has 18 heavy (non-hydrogen) atoms. The number of pyridine rings is 1. The Hall–Kier alpha value is -2.20. The van der Waals surface area contributed by atoms with Crippen molar-refractivity contribution in [1.29, 1.82) is 0 Å². The molecular weight excluding hydrogens is 248 g/mol. The van der Waals surface area contributed by atoms with Crippen molar-refractivity contribution in [3.63, 3.8) is 0 Å². The van der Waals surface area contributed by atoms with Crippen LogP contribution in [0, 0.1) is 0 Å². The van der Waals surface area contributed by atoms with Crippen LogP contribution in [0.5, 0.6) is 0 Å². The SMILES string of the molecule is Nc1cc(-c2cc(Cl)c3cccnc3c2)ncn1. The summed E-state index contributed by atoms with van der Waals surface area (Å²) in [5.41, 5.74) is 8.09. The first-order valence-electron chi connectivity index (χ1n) is 5.36. The van der Waals surface area contributed by atoms with Gasteiger partial charge in [-0.2, -0.15) is 0 Å². The summed E-state index contributed by atoms with van der Waals surface area (Å²) >= 11 is 6.24. The first-order valence-corrected chi connectivity index (χ1v) is 5.74. The Morgan fingerprint density at radius 2 is 1.94 bits per heavy atom. The van der Waals surface area contributed by atoms with Gasteiger partial charge >= 0.3 is 0 Å². The van der Waals surface area contributed by atoms with Crippen molar-refractivity contribution < 1.29 is 0 Å². The fourth-order valence-corrected chi connectivity index (χ4v) is 2.09. The fraction of sp³-hybridized carbons (Fsp3) is 0. The number of halogens is 1. The zero-order valence-corrected chi connectivity index (χ0v) is 10.1. The normalized spacial score (nSPS) is 10.7. The van der Waals surface area contributed by atoms with Gasteiger partial charge in [0.2, 0.25) is 0 Å². The number of anilines is 1. The number of fused-ring (bicyclic) bond motifs is 1. The van der Waals surface area contributed by atoms with Crippen molar-refractivity contribution in [2.24, 2.45) is 0 Å². The maximum Gasteiger partial charge on any atom is 0.127 e. The minimum atomic E-state index is 0.428. The number of nitrogen functional groups attached to an aromatic ring is 1. The highest BCUT2D eigenvalue weighted by atomic mass is 35.5. The van der Waals surface area contributed by atoms with E-state index in [1.165, 1.54) is 6.33 Å². The Balaban J connectivity index is 2.24. The molecule has 0 saturated heterocycles. The van der Waals surface area contributed by atoms with E-state index in [0.717, 1.165) is 22.2 Å². The molecule has 2 aromatic heterocycles. The Kier molecular flexibility index (Phi) is 2.57. The molecule has 0 atom stereocenters. The largest absolute Gasteiger partial charge is 0.384 e. The summed E-state index contributed by atoms with van der Waals surface area (Å²) < 4.78 is 0. The molecule has 0 aliphatic carbocycles. The van der Waals surface area contributed by atoms with E-state index < -0.39 is 0 Å². The summed E-state index contributed by atoms with van der Waals surface area (Å²) in [6.45, 7) is 0. The number of aromatic nitrogens is 3. The molecule has 0 bridgehead atoms. The van der Waals surface area contributed by atoms with Gasteiger partial charge in [0.1, 0.15) is 12.1 Å². The second kappa shape index (κ2) is 4.23. The number of rotatable bonds is 1. The van der Waals surface area contributed by atoms with Crippen LogP contribution < -0.4 is 5.73 Å². The monoisotopic (exact) mass is 256 g/mol. The molecule has 3 rings (SSSR count). The molecular formula is C13H9ClN4. The standard InChI is InChI=1S/C13H9ClN4/c14-10-4-8(11-6-13(15)18-7-17-11)5-12-9(10)2-1-3-16-12/h1-7H,(H2,15,17,18). The van der Waals surface area contributed by atoms with Gasteiger partial charge in [-0.25, -0.2) is 9.97 Å². The molecule has 2 N–H and O–H groups in total. The van der Waals surface area contributed by atoms with E-state index in [1.54, 1.807) is 12.3 Å². The molecule has 0 fully saturated rings. The lowest BCUT2D eigenvalue weighted by molar-refractivity contribution is 1.18. The number of hydrogen-bond donors (Lipinski definition) is 1. The smallest absolute Gasteiger partial charge is 0.127 e. The quantitative estimate of drug-likeness (QED) is 0.727. The van der Waals surface area contributed by atoms with Gasteiger partial charge in [-0.3, -0.25) is 4.98 Å². The maximum absolute atomic E-state index is 6.24. The van der Waals surface area contributed by atoms with Gasteiger partial charge in [-0.05, 0) is 24.3 Å². The summed E-state index contributed by atoms with van der Waals surface area (Å²) in [4.78, 5) is 12.3. The second-order valence-corrected chi connectivity index (χ2v) is 4.26. The van der Waals surface area contributed by atoms with Crippen molar-refractivity contribution in [2.45, 2.75) is 0 Å². The molecule has 88 valence electrons. The first kappa shape index (κ1) is 10.9. The molecule has 3 aromatic rings. The third-order valence-electron chi connectivity index (χ3n) is 2.65. The molecule has 0 saturated carbocycles. The van der Waals surface area contributed by atoms with Crippen LogP contribution in [0.4, 0.5) is 5.82 Å². The highest BCUT2D eigenvalue weighted by Crippen LogP contribution is 2.28. The molecule has 0 unspecified atom stereocenters. The first-order chi connectivity index (χ1) is 8.74. The third-order valence-corrected chi connectivity index (χ3v) is 2.97. The average molecular weight is 257 g/mol. The van der Waals surface area contributed by atoms with Crippen LogP contribution in [-0.2, 0) is 0 Å². The van der Waals surface area contributed by atoms with E-state index in [-0.39, 0.29) is 0 Å². The predicted molar refractivity (Wildman–Crippen MR) is 72.2 cm³/mol. The Labute approximate surface area is 108 Å². The van der Waals surface area contributed by atoms with Crippen LogP contribution in [0.1, 0.15) is 0 Å². The Morgan fingerprint density at radius 1 is 1.06 bits per heavy atom. The fourth-order valence-electron chi connectivity index (χ4n) is 1.82. The van der Waals surface area contributed by atoms with Crippen LogP contribution in [0.15, 0.2) is 42.9 Å². The summed E-state index contributed by atoms with van der Waals surface area (Å²) in [5.74, 6) is 0.428. The Morgan fingerprint density at radius 3 is 2.78 bits per heavy atom. The van der Waals surface area contributed by atoms with E-state index in [0.29, 0.717) is 10.8 Å². The number of nitrogens with zero attached hydrogens (tertiary/aromatic N) is 3. The van der Waals surface area contributed by atoms with E-state index in [1.807, 2.05) is 24.3 Å². The lowest BCUT2D eigenvalue weighted by Gasteiger charge is -2.05. The van der Waals surface area contributed by atoms with Crippen LogP contribution in [0.2, 0.25) is 5.02 Å². The van der Waals surface area contributed by atoms with Gasteiger partial charge in [0, 0.05) is 23.2 Å². The highest BCUT2D eigenvalue weighted by Gasteiger charge is 2.06. The third kappa shape index (κ3) is 1.87. The van der Waals surface area contributed by atoms with Gasteiger partial charge in [-0.1, -0.05) is 11.6 Å². The van der Waals surface area contributed by atoms with Gasteiger partial charge in [-0.15, -0.1) is 0 Å². The summed E-state index contributed by atoms with van der Waals surface area (Å²) in [7, 11) is 0. The van der Waals surface area contributed by atoms with Crippen molar-refractivity contribution in [3.8, 4) is 11.3 Å². The molecule has 4 nitrogen and oxygen atoms in total. The number of benzene rings is 1. The number of hydrogen-bond acceptors (Lipinski definition) is 4. The van der Waals surface area contributed by atoms with Crippen molar-refractivity contribution in [1.82, 2.24) is 15.0 Å². The van der Waals surface area contributed by atoms with Crippen molar-refractivity contribution in [2.75, 3.05) is 5.73 Å². The topological polar surface area (TPSA) is 64.7 Å². The van der Waals surface area contributed by atoms with Gasteiger partial charge < -0.3 is 5.73 Å². The average Bonchev–Trinajstić information content (AvgIpc) is 2.39. The summed E-state index contributed by atoms with van der Waals surface area (Å²) in [5, 5.41) is 1.57. The molecule has 0 aliphatic heterocycles. The van der Waals surface area contributed by atoms with E-state index in [9.17, 15) is 0 Å². The molecule has 2 heterocycles. The summed E-state index contributed by atoms with van der Waals surface area (Å²) in [6.07, 6.45) is 3.16. The lowest BCUT2D eigenvalue weighted by atomic mass is 10.1. The zero-order valence-electron chi connectivity index (χ0n) is 9.34. The zero-order chi connectivity index (χ0) is 12.5. The second-order valence-electron chi connectivity index (χ2n) is 3.86. The molecule has 0 spiro atoms. The van der Waals surface area contributed by atoms with E-state index >= 15 is 0 Å². The van der Waals surface area contributed by atoms with Crippen LogP contribution in [0.25, 0.3) is 22.2 Å². The molecule has 0 radical (unpaired) electrons. The van der Waals surface area contributed by atoms with Crippen LogP contribution >= 0.6 is 11.6 Å². The van der Waals surface area contributed by atoms with E-state index in [2.05, 4.69) is 15.0 Å². The molecule has 1 aromatic carbocycles. The molecule has 0 aliphatic rings. The van der Waals surface area contributed by atoms with Gasteiger partial charge in [0.05, 0.1) is 16.2 Å². The minimum absolute atomic E-state index is 0.428. The van der Waals surface area contributed by atoms with E-state index in [4.69, 9.17) is 17.3 Å². The van der Waals surface area contributed by atoms with Gasteiger partial charge in [0.15, 0.2) is 0 Å². The Bertz CT molecular complexity index is 727. The number of nitrogens with two attached hydrogens (primary N) is 1. The van der Waals surface area contributed by atoms with Crippen molar-refractivity contribution >= 4 is 28.3 Å². The van der Waals surface area contributed by atoms with Crippen molar-refractivity contribution in [3.05, 3.63) is 47.9 Å². The van der Waals surface area contributed by atoms with Crippen LogP contribution in [-0.4, -0.2) is 15.0 Å². The minimum Gasteiger partial charge on any atom is -0.384 e. The molecule has 5 heteroatoms. The van der Waals surface area contributed by atoms with Crippen LogP contribution in [0.3, 0.4) is 0 Å².